The molecule has 3 heterocycles. The van der Waals surface area contributed by atoms with Gasteiger partial charge in [-0.05, 0) is 50.6 Å². The fourth-order valence-corrected chi connectivity index (χ4v) is 4.28. The Morgan fingerprint density at radius 3 is 2.86 bits per heavy atom. The predicted octanol–water partition coefficient (Wildman–Crippen LogP) is 2.25. The summed E-state index contributed by atoms with van der Waals surface area (Å²) in [5, 5.41) is 8.12. The van der Waals surface area contributed by atoms with Crippen molar-refractivity contribution in [1.82, 2.24) is 15.0 Å². The molecule has 1 N–H and O–H groups in total. The molecule has 1 fully saturated rings. The maximum Gasteiger partial charge on any atom is 0.273 e. The first-order valence-electron chi connectivity index (χ1n) is 7.62. The molecule has 6 heteroatoms. The average Bonchev–Trinajstić information content (AvgIpc) is 2.85. The number of nitrogens with zero attached hydrogens (tertiary/aromatic N) is 3. The number of fused-ring (bicyclic) bond motifs is 3. The van der Waals surface area contributed by atoms with E-state index in [1.54, 1.807) is 6.07 Å². The summed E-state index contributed by atoms with van der Waals surface area (Å²) in [5.41, 5.74) is 2.95. The Morgan fingerprint density at radius 2 is 2.09 bits per heavy atom. The van der Waals surface area contributed by atoms with Gasteiger partial charge in [0.15, 0.2) is 0 Å². The van der Waals surface area contributed by atoms with Crippen molar-refractivity contribution in [3.8, 4) is 0 Å². The van der Waals surface area contributed by atoms with Gasteiger partial charge in [0, 0.05) is 16.5 Å². The summed E-state index contributed by atoms with van der Waals surface area (Å²) < 4.78 is 2.92. The molecule has 2 aliphatic heterocycles. The maximum atomic E-state index is 12.1. The van der Waals surface area contributed by atoms with Gasteiger partial charge in [-0.15, -0.1) is 0 Å². The number of allylic oxidation sites excluding steroid dienone is 4. The molecule has 22 heavy (non-hydrogen) atoms. The van der Waals surface area contributed by atoms with Crippen molar-refractivity contribution in [2.45, 2.75) is 31.6 Å². The van der Waals surface area contributed by atoms with Crippen LogP contribution in [0, 0.1) is 0 Å². The van der Waals surface area contributed by atoms with Gasteiger partial charge in [0.1, 0.15) is 5.82 Å². The van der Waals surface area contributed by atoms with E-state index in [0.717, 1.165) is 53.2 Å². The second kappa shape index (κ2) is 5.28. The molecule has 1 atom stereocenters. The molecule has 0 spiro atoms. The molecule has 1 aliphatic carbocycles. The van der Waals surface area contributed by atoms with Crippen LogP contribution in [0.2, 0.25) is 0 Å². The lowest BCUT2D eigenvalue weighted by Gasteiger charge is -2.24. The number of piperidine rings is 1. The van der Waals surface area contributed by atoms with E-state index in [1.165, 1.54) is 0 Å². The zero-order valence-corrected chi connectivity index (χ0v) is 13.9. The van der Waals surface area contributed by atoms with Crippen LogP contribution < -0.4 is 10.9 Å². The van der Waals surface area contributed by atoms with Gasteiger partial charge in [-0.25, -0.2) is 4.68 Å². The third kappa shape index (κ3) is 2.21. The van der Waals surface area contributed by atoms with E-state index in [4.69, 9.17) is 5.10 Å². The Balaban J connectivity index is 1.87. The van der Waals surface area contributed by atoms with Crippen molar-refractivity contribution in [1.29, 1.82) is 0 Å². The molecule has 3 aliphatic rings. The second-order valence-corrected chi connectivity index (χ2v) is 7.00. The molecule has 0 radical (unpaired) electrons. The Morgan fingerprint density at radius 1 is 1.32 bits per heavy atom. The number of rotatable bonds is 1. The predicted molar refractivity (Wildman–Crippen MR) is 89.7 cm³/mol. The van der Waals surface area contributed by atoms with Crippen molar-refractivity contribution in [2.24, 2.45) is 5.10 Å². The Kier molecular flexibility index (Phi) is 3.38. The molecule has 1 saturated heterocycles. The third-order valence-electron chi connectivity index (χ3n) is 4.50. The molecular formula is C16H17BrN4O. The van der Waals surface area contributed by atoms with Crippen molar-refractivity contribution in [3.05, 3.63) is 50.1 Å². The standard InChI is InChI=1S/C16H17BrN4O/c1-9-6-11(17)15-12(7-9)20-21-13(8-14(22)19-16(15)21)10-2-4-18-5-3-10/h6-8,10,15,18H,2-5H2,1H3. The molecular weight excluding hydrogens is 344 g/mol. The van der Waals surface area contributed by atoms with Crippen LogP contribution >= 0.6 is 15.9 Å². The third-order valence-corrected chi connectivity index (χ3v) is 5.19. The first kappa shape index (κ1) is 14.1. The van der Waals surface area contributed by atoms with Crippen molar-refractivity contribution >= 4 is 21.6 Å². The summed E-state index contributed by atoms with van der Waals surface area (Å²) in [6, 6.07) is 1.66. The van der Waals surface area contributed by atoms with Gasteiger partial charge < -0.3 is 5.32 Å². The van der Waals surface area contributed by atoms with Crippen LogP contribution in [0.4, 0.5) is 0 Å². The highest BCUT2D eigenvalue weighted by Gasteiger charge is 2.34. The van der Waals surface area contributed by atoms with Gasteiger partial charge in [0.2, 0.25) is 0 Å². The quantitative estimate of drug-likeness (QED) is 0.835. The van der Waals surface area contributed by atoms with Crippen LogP contribution in [0.15, 0.2) is 38.2 Å². The zero-order chi connectivity index (χ0) is 15.3. The molecule has 5 nitrogen and oxygen atoms in total. The van der Waals surface area contributed by atoms with E-state index >= 15 is 0 Å². The Labute approximate surface area is 137 Å². The zero-order valence-electron chi connectivity index (χ0n) is 12.3. The summed E-state index contributed by atoms with van der Waals surface area (Å²) in [6.07, 6.45) is 6.21. The SMILES string of the molecule is CC1=CC2=Nn3c(C4CCNCC4)cc(=O)nc3C2C(Br)=C1. The number of nitrogens with one attached hydrogen (secondary N) is 1. The van der Waals surface area contributed by atoms with Gasteiger partial charge in [-0.1, -0.05) is 15.9 Å². The highest BCUT2D eigenvalue weighted by molar-refractivity contribution is 9.11. The lowest BCUT2D eigenvalue weighted by atomic mass is 9.93. The van der Waals surface area contributed by atoms with E-state index in [-0.39, 0.29) is 11.5 Å². The summed E-state index contributed by atoms with van der Waals surface area (Å²) >= 11 is 3.62. The second-order valence-electron chi connectivity index (χ2n) is 6.09. The van der Waals surface area contributed by atoms with Crippen LogP contribution in [0.5, 0.6) is 0 Å². The molecule has 4 rings (SSSR count). The summed E-state index contributed by atoms with van der Waals surface area (Å²) in [5.74, 6) is 1.06. The normalized spacial score (nSPS) is 24.3. The van der Waals surface area contributed by atoms with Crippen LogP contribution in [0.25, 0.3) is 0 Å². The first-order chi connectivity index (χ1) is 10.6. The summed E-state index contributed by atoms with van der Waals surface area (Å²) in [4.78, 5) is 16.3. The van der Waals surface area contributed by atoms with E-state index in [2.05, 4.69) is 38.4 Å². The smallest absolute Gasteiger partial charge is 0.273 e. The monoisotopic (exact) mass is 360 g/mol. The van der Waals surface area contributed by atoms with Gasteiger partial charge in [0.05, 0.1) is 17.3 Å². The summed E-state index contributed by atoms with van der Waals surface area (Å²) in [6.45, 7) is 4.02. The highest BCUT2D eigenvalue weighted by atomic mass is 79.9. The molecule has 0 aromatic carbocycles. The fraction of sp³-hybridized carbons (Fsp3) is 0.438. The van der Waals surface area contributed by atoms with Crippen LogP contribution in [0.1, 0.15) is 43.1 Å². The largest absolute Gasteiger partial charge is 0.317 e. The number of hydrogen-bond donors (Lipinski definition) is 1. The molecule has 0 saturated carbocycles. The molecule has 114 valence electrons. The first-order valence-corrected chi connectivity index (χ1v) is 8.41. The minimum absolute atomic E-state index is 0.0435. The average molecular weight is 361 g/mol. The van der Waals surface area contributed by atoms with Gasteiger partial charge in [0.25, 0.3) is 5.56 Å². The summed E-state index contributed by atoms with van der Waals surface area (Å²) in [7, 11) is 0. The number of halogens is 1. The van der Waals surface area contributed by atoms with E-state index < -0.39 is 0 Å². The fourth-order valence-electron chi connectivity index (χ4n) is 3.47. The lowest BCUT2D eigenvalue weighted by Crippen LogP contribution is -2.29. The van der Waals surface area contributed by atoms with E-state index in [9.17, 15) is 4.79 Å². The Bertz CT molecular complexity index is 784. The number of aromatic nitrogens is 2. The van der Waals surface area contributed by atoms with E-state index in [0.29, 0.717) is 5.92 Å². The Hall–Kier alpha value is -1.53. The lowest BCUT2D eigenvalue weighted by molar-refractivity contribution is 0.439. The topological polar surface area (TPSA) is 59.3 Å². The number of hydrogen-bond acceptors (Lipinski definition) is 4. The van der Waals surface area contributed by atoms with Crippen LogP contribution in [-0.2, 0) is 0 Å². The van der Waals surface area contributed by atoms with Crippen molar-refractivity contribution in [2.75, 3.05) is 13.1 Å². The van der Waals surface area contributed by atoms with Gasteiger partial charge in [-0.2, -0.15) is 10.1 Å². The minimum atomic E-state index is -0.164. The maximum absolute atomic E-state index is 12.1. The van der Waals surface area contributed by atoms with Crippen molar-refractivity contribution < 1.29 is 0 Å². The van der Waals surface area contributed by atoms with Gasteiger partial charge >= 0.3 is 0 Å². The minimum Gasteiger partial charge on any atom is -0.317 e. The molecule has 1 aromatic rings. The van der Waals surface area contributed by atoms with Crippen LogP contribution in [-0.4, -0.2) is 28.5 Å². The van der Waals surface area contributed by atoms with E-state index in [1.807, 2.05) is 11.6 Å². The molecule has 0 bridgehead atoms. The molecule has 1 unspecified atom stereocenters. The van der Waals surface area contributed by atoms with Crippen LogP contribution in [0.3, 0.4) is 0 Å². The molecule has 1 aromatic heterocycles. The van der Waals surface area contributed by atoms with Crippen molar-refractivity contribution in [3.63, 3.8) is 0 Å². The highest BCUT2D eigenvalue weighted by Crippen LogP contribution is 2.39. The molecule has 0 amide bonds. The van der Waals surface area contributed by atoms with Gasteiger partial charge in [-0.3, -0.25) is 4.79 Å².